The molecule has 0 N–H and O–H groups in total. The van der Waals surface area contributed by atoms with Crippen LogP contribution < -0.4 is 4.90 Å². The standard InChI is InChI=1S/C33H35N5O2/c1-23-6-7-26(18-28(23)19-31(39)27-12-13-32(34-20-27)37-16-4-3-5-17-37)33(40)38-21-29(22-38)24-8-10-25(11-9-24)30-14-15-35-36(30)2/h6-15,18,20,29H,3-5,16-17,19,21-22H2,1-2H3. The molecule has 0 radical (unpaired) electrons. The maximum absolute atomic E-state index is 13.3. The molecule has 204 valence electrons. The van der Waals surface area contributed by atoms with Crippen LogP contribution in [0.3, 0.4) is 0 Å². The van der Waals surface area contributed by atoms with E-state index in [0.29, 0.717) is 30.1 Å². The number of aryl methyl sites for hydroxylation is 2. The number of anilines is 1. The van der Waals surface area contributed by atoms with Crippen LogP contribution in [-0.2, 0) is 13.5 Å². The molecule has 0 saturated carbocycles. The smallest absolute Gasteiger partial charge is 0.253 e. The molecule has 7 nitrogen and oxygen atoms in total. The monoisotopic (exact) mass is 533 g/mol. The van der Waals surface area contributed by atoms with E-state index in [-0.39, 0.29) is 18.1 Å². The van der Waals surface area contributed by atoms with Crippen LogP contribution in [0.4, 0.5) is 5.82 Å². The van der Waals surface area contributed by atoms with E-state index in [9.17, 15) is 9.59 Å². The molecule has 4 heterocycles. The van der Waals surface area contributed by atoms with Crippen LogP contribution in [-0.4, -0.2) is 57.5 Å². The molecule has 4 aromatic rings. The van der Waals surface area contributed by atoms with E-state index in [1.165, 1.54) is 24.8 Å². The lowest BCUT2D eigenvalue weighted by atomic mass is 9.89. The molecule has 2 aromatic carbocycles. The Morgan fingerprint density at radius 1 is 0.900 bits per heavy atom. The van der Waals surface area contributed by atoms with E-state index in [0.717, 1.165) is 41.3 Å². The van der Waals surface area contributed by atoms with Gasteiger partial charge in [0.25, 0.3) is 5.91 Å². The number of amides is 1. The summed E-state index contributed by atoms with van der Waals surface area (Å²) >= 11 is 0. The van der Waals surface area contributed by atoms with Crippen molar-refractivity contribution in [2.24, 2.45) is 7.05 Å². The number of carbonyl (C=O) groups excluding carboxylic acids is 2. The van der Waals surface area contributed by atoms with E-state index < -0.39 is 0 Å². The quantitative estimate of drug-likeness (QED) is 0.296. The van der Waals surface area contributed by atoms with E-state index in [2.05, 4.69) is 39.2 Å². The normalized spacial score (nSPS) is 15.7. The maximum Gasteiger partial charge on any atom is 0.253 e. The van der Waals surface area contributed by atoms with E-state index >= 15 is 0 Å². The minimum absolute atomic E-state index is 0.0176. The molecule has 7 heteroatoms. The minimum Gasteiger partial charge on any atom is -0.357 e. The number of hydrogen-bond acceptors (Lipinski definition) is 5. The highest BCUT2D eigenvalue weighted by molar-refractivity contribution is 5.99. The van der Waals surface area contributed by atoms with Gasteiger partial charge in [-0.3, -0.25) is 14.3 Å². The van der Waals surface area contributed by atoms with Gasteiger partial charge >= 0.3 is 0 Å². The van der Waals surface area contributed by atoms with Gasteiger partial charge in [-0.15, -0.1) is 0 Å². The van der Waals surface area contributed by atoms with Gasteiger partial charge in [0.1, 0.15) is 5.82 Å². The Morgan fingerprint density at radius 3 is 2.33 bits per heavy atom. The first-order valence-electron chi connectivity index (χ1n) is 14.2. The first-order valence-corrected chi connectivity index (χ1v) is 14.2. The first-order chi connectivity index (χ1) is 19.5. The molecule has 2 aromatic heterocycles. The molecule has 0 unspecified atom stereocenters. The van der Waals surface area contributed by atoms with Crippen LogP contribution in [0.2, 0.25) is 0 Å². The molecule has 6 rings (SSSR count). The Hall–Kier alpha value is -4.26. The summed E-state index contributed by atoms with van der Waals surface area (Å²) in [6.07, 6.45) is 7.40. The molecule has 0 bridgehead atoms. The lowest BCUT2D eigenvalue weighted by Crippen LogP contribution is -2.48. The summed E-state index contributed by atoms with van der Waals surface area (Å²) in [5.41, 5.74) is 6.60. The second-order valence-corrected chi connectivity index (χ2v) is 11.1. The summed E-state index contributed by atoms with van der Waals surface area (Å²) in [6.45, 7) is 5.43. The van der Waals surface area contributed by atoms with Crippen molar-refractivity contribution < 1.29 is 9.59 Å². The van der Waals surface area contributed by atoms with Gasteiger partial charge in [0, 0.05) is 69.1 Å². The highest BCUT2D eigenvalue weighted by Crippen LogP contribution is 2.30. The first kappa shape index (κ1) is 26.0. The van der Waals surface area contributed by atoms with Crippen LogP contribution in [0.25, 0.3) is 11.3 Å². The summed E-state index contributed by atoms with van der Waals surface area (Å²) in [4.78, 5) is 35.1. The summed E-state index contributed by atoms with van der Waals surface area (Å²) in [7, 11) is 1.94. The van der Waals surface area contributed by atoms with Crippen molar-refractivity contribution in [3.8, 4) is 11.3 Å². The van der Waals surface area contributed by atoms with Gasteiger partial charge in [0.2, 0.25) is 0 Å². The zero-order valence-corrected chi connectivity index (χ0v) is 23.2. The van der Waals surface area contributed by atoms with Crippen LogP contribution in [0.15, 0.2) is 73.1 Å². The lowest BCUT2D eigenvalue weighted by Gasteiger charge is -2.39. The van der Waals surface area contributed by atoms with Gasteiger partial charge in [-0.05, 0) is 78.8 Å². The molecule has 2 saturated heterocycles. The highest BCUT2D eigenvalue weighted by atomic mass is 16.2. The molecule has 0 aliphatic carbocycles. The minimum atomic E-state index is 0.0176. The molecule has 0 spiro atoms. The van der Waals surface area contributed by atoms with Gasteiger partial charge in [0.05, 0.1) is 5.69 Å². The van der Waals surface area contributed by atoms with Crippen LogP contribution in [0.1, 0.15) is 62.6 Å². The Labute approximate surface area is 235 Å². The number of carbonyl (C=O) groups is 2. The highest BCUT2D eigenvalue weighted by Gasteiger charge is 2.32. The van der Waals surface area contributed by atoms with Crippen LogP contribution in [0, 0.1) is 6.92 Å². The average Bonchev–Trinajstić information content (AvgIpc) is 3.40. The molecular weight excluding hydrogens is 498 g/mol. The third-order valence-corrected chi connectivity index (χ3v) is 8.36. The third kappa shape index (κ3) is 5.28. The van der Waals surface area contributed by atoms with Gasteiger partial charge in [0.15, 0.2) is 5.78 Å². The molecule has 40 heavy (non-hydrogen) atoms. The fourth-order valence-corrected chi connectivity index (χ4v) is 5.75. The number of nitrogens with zero attached hydrogens (tertiary/aromatic N) is 5. The predicted octanol–water partition coefficient (Wildman–Crippen LogP) is 5.45. The number of rotatable bonds is 7. The second-order valence-electron chi connectivity index (χ2n) is 11.1. The lowest BCUT2D eigenvalue weighted by molar-refractivity contribution is 0.0602. The van der Waals surface area contributed by atoms with Crippen molar-refractivity contribution in [3.05, 3.63) is 101 Å². The number of piperidine rings is 1. The van der Waals surface area contributed by atoms with Crippen molar-refractivity contribution in [2.45, 2.75) is 38.5 Å². The van der Waals surface area contributed by atoms with Crippen molar-refractivity contribution >= 4 is 17.5 Å². The van der Waals surface area contributed by atoms with Gasteiger partial charge in [-0.1, -0.05) is 30.3 Å². The van der Waals surface area contributed by atoms with Crippen molar-refractivity contribution in [1.82, 2.24) is 19.7 Å². The summed E-state index contributed by atoms with van der Waals surface area (Å²) in [5, 5.41) is 4.25. The predicted molar refractivity (Wildman–Crippen MR) is 157 cm³/mol. The Morgan fingerprint density at radius 2 is 1.65 bits per heavy atom. The fraction of sp³-hybridized carbons (Fsp3) is 0.333. The molecule has 2 aliphatic heterocycles. The van der Waals surface area contributed by atoms with Gasteiger partial charge < -0.3 is 9.80 Å². The van der Waals surface area contributed by atoms with E-state index in [1.807, 2.05) is 60.0 Å². The van der Waals surface area contributed by atoms with Crippen LogP contribution >= 0.6 is 0 Å². The summed E-state index contributed by atoms with van der Waals surface area (Å²) in [6, 6.07) is 20.1. The number of likely N-dealkylation sites (tertiary alicyclic amines) is 1. The van der Waals surface area contributed by atoms with E-state index in [1.54, 1.807) is 12.4 Å². The Balaban J connectivity index is 1.07. The largest absolute Gasteiger partial charge is 0.357 e. The van der Waals surface area contributed by atoms with Crippen molar-refractivity contribution in [3.63, 3.8) is 0 Å². The third-order valence-electron chi connectivity index (χ3n) is 8.36. The number of Topliss-reactive ketones (excluding diaryl/α,β-unsaturated/α-hetero) is 1. The summed E-state index contributed by atoms with van der Waals surface area (Å²) < 4.78 is 1.87. The van der Waals surface area contributed by atoms with Crippen molar-refractivity contribution in [1.29, 1.82) is 0 Å². The van der Waals surface area contributed by atoms with Gasteiger partial charge in [-0.2, -0.15) is 5.10 Å². The van der Waals surface area contributed by atoms with E-state index in [4.69, 9.17) is 0 Å². The van der Waals surface area contributed by atoms with Crippen molar-refractivity contribution in [2.75, 3.05) is 31.1 Å². The topological polar surface area (TPSA) is 71.3 Å². The zero-order chi connectivity index (χ0) is 27.6. The molecular formula is C33H35N5O2. The number of pyridine rings is 1. The number of ketones is 1. The molecule has 1 amide bonds. The maximum atomic E-state index is 13.3. The Kier molecular flexibility index (Phi) is 7.20. The number of benzene rings is 2. The fourth-order valence-electron chi connectivity index (χ4n) is 5.75. The number of hydrogen-bond donors (Lipinski definition) is 0. The van der Waals surface area contributed by atoms with Crippen LogP contribution in [0.5, 0.6) is 0 Å². The SMILES string of the molecule is Cc1ccc(C(=O)N2CC(c3ccc(-c4ccnn4C)cc3)C2)cc1CC(=O)c1ccc(N2CCCCC2)nc1. The van der Waals surface area contributed by atoms with Gasteiger partial charge in [-0.25, -0.2) is 4.98 Å². The second kappa shape index (κ2) is 11.1. The molecule has 2 fully saturated rings. The Bertz CT molecular complexity index is 1510. The number of aromatic nitrogens is 3. The summed E-state index contributed by atoms with van der Waals surface area (Å²) in [5.74, 6) is 1.31. The zero-order valence-electron chi connectivity index (χ0n) is 23.2. The molecule has 0 atom stereocenters. The molecule has 2 aliphatic rings. The average molecular weight is 534 g/mol.